The van der Waals surface area contributed by atoms with Gasteiger partial charge in [0.25, 0.3) is 0 Å². The third kappa shape index (κ3) is 7.55. The Morgan fingerprint density at radius 2 is 1.88 bits per heavy atom. The van der Waals surface area contributed by atoms with Crippen molar-refractivity contribution in [3.63, 3.8) is 0 Å². The first-order valence-electron chi connectivity index (χ1n) is 8.75. The fourth-order valence-corrected chi connectivity index (χ4v) is 3.67. The average Bonchev–Trinajstić information content (AvgIpc) is 2.58. The molecule has 148 valence electrons. The van der Waals surface area contributed by atoms with Crippen molar-refractivity contribution in [2.24, 2.45) is 4.99 Å². The molecule has 3 N–H and O–H groups in total. The molecule has 0 saturated heterocycles. The molecular formula is C18H32N4O2S2. The lowest BCUT2D eigenvalue weighted by molar-refractivity contribution is 0.579. The standard InChI is InChI=1S/C18H32N4O2S2/c1-7-19-17(21-13-18(4,5)25-6)20-10-11-22-26(23,24)16-12-14(2)8-9-15(16)3/h8-9,12,22H,7,10-11,13H2,1-6H3,(H2,19,20,21). The highest BCUT2D eigenvalue weighted by Crippen LogP contribution is 2.21. The lowest BCUT2D eigenvalue weighted by Gasteiger charge is -2.20. The first-order valence-corrected chi connectivity index (χ1v) is 11.5. The Hall–Kier alpha value is -1.25. The van der Waals surface area contributed by atoms with Crippen LogP contribution in [0.25, 0.3) is 0 Å². The summed E-state index contributed by atoms with van der Waals surface area (Å²) in [6, 6.07) is 5.43. The predicted molar refractivity (Wildman–Crippen MR) is 113 cm³/mol. The number of guanidine groups is 1. The molecule has 6 nitrogen and oxygen atoms in total. The molecule has 26 heavy (non-hydrogen) atoms. The molecule has 0 aliphatic rings. The normalized spacial score (nSPS) is 12.9. The molecule has 0 amide bonds. The number of nitrogens with one attached hydrogen (secondary N) is 3. The molecule has 1 aromatic rings. The molecule has 0 saturated carbocycles. The van der Waals surface area contributed by atoms with Gasteiger partial charge in [-0.1, -0.05) is 12.1 Å². The Labute approximate surface area is 162 Å². The number of aliphatic imine (C=N–C) groups is 1. The van der Waals surface area contributed by atoms with E-state index in [0.29, 0.717) is 23.9 Å². The van der Waals surface area contributed by atoms with Gasteiger partial charge in [-0.3, -0.25) is 4.99 Å². The van der Waals surface area contributed by atoms with Crippen LogP contribution < -0.4 is 15.4 Å². The van der Waals surface area contributed by atoms with Crippen LogP contribution in [0.4, 0.5) is 0 Å². The number of hydrogen-bond donors (Lipinski definition) is 3. The van der Waals surface area contributed by atoms with Gasteiger partial charge in [-0.15, -0.1) is 0 Å². The van der Waals surface area contributed by atoms with E-state index in [9.17, 15) is 8.42 Å². The van der Waals surface area contributed by atoms with Crippen LogP contribution in [0.2, 0.25) is 0 Å². The number of rotatable bonds is 9. The van der Waals surface area contributed by atoms with E-state index in [1.807, 2.05) is 26.0 Å². The minimum Gasteiger partial charge on any atom is -0.357 e. The molecule has 0 heterocycles. The van der Waals surface area contributed by atoms with Crippen LogP contribution in [-0.2, 0) is 10.0 Å². The molecule has 0 bridgehead atoms. The zero-order chi connectivity index (χ0) is 19.8. The summed E-state index contributed by atoms with van der Waals surface area (Å²) in [7, 11) is -3.52. The van der Waals surface area contributed by atoms with Gasteiger partial charge in [0, 0.05) is 24.4 Å². The van der Waals surface area contributed by atoms with Crippen molar-refractivity contribution in [1.29, 1.82) is 0 Å². The van der Waals surface area contributed by atoms with Crippen molar-refractivity contribution in [1.82, 2.24) is 15.4 Å². The third-order valence-corrected chi connectivity index (χ3v) is 6.69. The molecule has 0 radical (unpaired) electrons. The molecule has 8 heteroatoms. The number of benzene rings is 1. The number of nitrogens with zero attached hydrogens (tertiary/aromatic N) is 1. The fourth-order valence-electron chi connectivity index (χ4n) is 2.12. The minimum absolute atomic E-state index is 0.0621. The predicted octanol–water partition coefficient (Wildman–Crippen LogP) is 2.28. The summed E-state index contributed by atoms with van der Waals surface area (Å²) in [6.07, 6.45) is 2.07. The summed E-state index contributed by atoms with van der Waals surface area (Å²) < 4.78 is 27.7. The Morgan fingerprint density at radius 1 is 1.19 bits per heavy atom. The van der Waals surface area contributed by atoms with Crippen LogP contribution in [-0.4, -0.2) is 51.6 Å². The molecular weight excluding hydrogens is 368 g/mol. The molecule has 0 atom stereocenters. The van der Waals surface area contributed by atoms with Crippen molar-refractivity contribution in [2.45, 2.75) is 44.3 Å². The summed E-state index contributed by atoms with van der Waals surface area (Å²) >= 11 is 1.76. The summed E-state index contributed by atoms with van der Waals surface area (Å²) in [5, 5.41) is 6.35. The Balaban J connectivity index is 2.62. The lowest BCUT2D eigenvalue weighted by atomic mass is 10.2. The van der Waals surface area contributed by atoms with Gasteiger partial charge in [0.15, 0.2) is 5.96 Å². The second-order valence-electron chi connectivity index (χ2n) is 6.75. The summed E-state index contributed by atoms with van der Waals surface area (Å²) in [6.45, 7) is 12.1. The first-order chi connectivity index (χ1) is 12.1. The number of hydrogen-bond acceptors (Lipinski definition) is 4. The molecule has 0 spiro atoms. The molecule has 1 rings (SSSR count). The second-order valence-corrected chi connectivity index (χ2v) is 10.0. The van der Waals surface area contributed by atoms with Crippen molar-refractivity contribution in [3.8, 4) is 0 Å². The van der Waals surface area contributed by atoms with Crippen LogP contribution in [0, 0.1) is 13.8 Å². The maximum absolute atomic E-state index is 12.5. The maximum Gasteiger partial charge on any atom is 0.240 e. The zero-order valence-electron chi connectivity index (χ0n) is 16.6. The smallest absolute Gasteiger partial charge is 0.240 e. The van der Waals surface area contributed by atoms with E-state index in [1.54, 1.807) is 24.8 Å². The topological polar surface area (TPSA) is 82.6 Å². The molecule has 0 fully saturated rings. The van der Waals surface area contributed by atoms with Gasteiger partial charge in [-0.2, -0.15) is 11.8 Å². The van der Waals surface area contributed by atoms with Crippen molar-refractivity contribution < 1.29 is 8.42 Å². The Kier molecular flexibility index (Phi) is 8.92. The first kappa shape index (κ1) is 22.8. The highest BCUT2D eigenvalue weighted by atomic mass is 32.2. The highest BCUT2D eigenvalue weighted by Gasteiger charge is 2.17. The summed E-state index contributed by atoms with van der Waals surface area (Å²) in [5.74, 6) is 0.695. The molecule has 0 aliphatic carbocycles. The number of aryl methyl sites for hydroxylation is 2. The van der Waals surface area contributed by atoms with Gasteiger partial charge in [0.2, 0.25) is 10.0 Å². The van der Waals surface area contributed by atoms with E-state index in [4.69, 9.17) is 0 Å². The molecule has 0 aliphatic heterocycles. The van der Waals surface area contributed by atoms with Gasteiger partial charge in [-0.25, -0.2) is 13.1 Å². The fraction of sp³-hybridized carbons (Fsp3) is 0.611. The van der Waals surface area contributed by atoms with E-state index in [0.717, 1.165) is 17.7 Å². The molecule has 0 aromatic heterocycles. The van der Waals surface area contributed by atoms with E-state index >= 15 is 0 Å². The van der Waals surface area contributed by atoms with Gasteiger partial charge >= 0.3 is 0 Å². The number of sulfonamides is 1. The SMILES string of the molecule is CCNC(=NCC(C)(C)SC)NCCNS(=O)(=O)c1cc(C)ccc1C. The Morgan fingerprint density at radius 3 is 2.50 bits per heavy atom. The minimum atomic E-state index is -3.52. The van der Waals surface area contributed by atoms with Crippen LogP contribution in [0.15, 0.2) is 28.1 Å². The van der Waals surface area contributed by atoms with E-state index in [-0.39, 0.29) is 11.3 Å². The van der Waals surface area contributed by atoms with Crippen LogP contribution in [0.1, 0.15) is 31.9 Å². The van der Waals surface area contributed by atoms with Crippen molar-refractivity contribution in [2.75, 3.05) is 32.4 Å². The quantitative estimate of drug-likeness (QED) is 0.337. The third-order valence-electron chi connectivity index (χ3n) is 3.86. The second kappa shape index (κ2) is 10.2. The summed E-state index contributed by atoms with van der Waals surface area (Å²) in [4.78, 5) is 4.90. The largest absolute Gasteiger partial charge is 0.357 e. The van der Waals surface area contributed by atoms with E-state index in [1.165, 1.54) is 0 Å². The van der Waals surface area contributed by atoms with Crippen LogP contribution in [0.3, 0.4) is 0 Å². The zero-order valence-corrected chi connectivity index (χ0v) is 18.3. The van der Waals surface area contributed by atoms with E-state index < -0.39 is 10.0 Å². The van der Waals surface area contributed by atoms with Gasteiger partial charge in [0.05, 0.1) is 11.4 Å². The van der Waals surface area contributed by atoms with Crippen molar-refractivity contribution >= 4 is 27.7 Å². The van der Waals surface area contributed by atoms with Crippen molar-refractivity contribution in [3.05, 3.63) is 29.3 Å². The maximum atomic E-state index is 12.5. The van der Waals surface area contributed by atoms with Gasteiger partial charge < -0.3 is 10.6 Å². The van der Waals surface area contributed by atoms with Gasteiger partial charge in [0.1, 0.15) is 0 Å². The highest BCUT2D eigenvalue weighted by molar-refractivity contribution is 7.99. The van der Waals surface area contributed by atoms with E-state index in [2.05, 4.69) is 40.5 Å². The van der Waals surface area contributed by atoms with Crippen LogP contribution >= 0.6 is 11.8 Å². The lowest BCUT2D eigenvalue weighted by Crippen LogP contribution is -2.42. The molecule has 1 aromatic carbocycles. The summed E-state index contributed by atoms with van der Waals surface area (Å²) in [5.41, 5.74) is 1.66. The number of thioether (sulfide) groups is 1. The molecule has 0 unspecified atom stereocenters. The average molecular weight is 401 g/mol. The Bertz CT molecular complexity index is 716. The van der Waals surface area contributed by atoms with Crippen LogP contribution in [0.5, 0.6) is 0 Å². The monoisotopic (exact) mass is 400 g/mol. The van der Waals surface area contributed by atoms with Gasteiger partial charge in [-0.05, 0) is 58.1 Å².